The first-order valence-corrected chi connectivity index (χ1v) is 12.6. The van der Waals surface area contributed by atoms with Crippen LogP contribution in [0.1, 0.15) is 33.9 Å². The molecule has 2 aromatic heterocycles. The number of amides is 2. The highest BCUT2D eigenvalue weighted by molar-refractivity contribution is 7.29. The van der Waals surface area contributed by atoms with Crippen molar-refractivity contribution in [2.75, 3.05) is 58.4 Å². The van der Waals surface area contributed by atoms with Crippen molar-refractivity contribution in [3.8, 4) is 11.5 Å². The summed E-state index contributed by atoms with van der Waals surface area (Å²) in [6.45, 7) is 8.03. The van der Waals surface area contributed by atoms with Crippen LogP contribution in [0.3, 0.4) is 0 Å². The molecule has 0 spiro atoms. The van der Waals surface area contributed by atoms with Gasteiger partial charge in [0.25, 0.3) is 11.8 Å². The van der Waals surface area contributed by atoms with Gasteiger partial charge >= 0.3 is 0 Å². The van der Waals surface area contributed by atoms with E-state index in [-0.39, 0.29) is 11.8 Å². The summed E-state index contributed by atoms with van der Waals surface area (Å²) in [7, 11) is 3.11. The number of rotatable bonds is 7. The molecule has 1 fully saturated rings. The fourth-order valence-corrected chi connectivity index (χ4v) is 6.19. The number of thiazole rings is 1. The molecule has 0 saturated carbocycles. The summed E-state index contributed by atoms with van der Waals surface area (Å²) in [6, 6.07) is 7.11. The van der Waals surface area contributed by atoms with E-state index in [1.165, 1.54) is 11.3 Å². The minimum atomic E-state index is -0.0761. The lowest BCUT2D eigenvalue weighted by Gasteiger charge is -2.34. The number of carbonyl (C=O) groups is 2. The second-order valence-corrected chi connectivity index (χ2v) is 9.64. The fraction of sp³-hybridized carbons (Fsp3) is 0.435. The van der Waals surface area contributed by atoms with Crippen LogP contribution in [-0.4, -0.2) is 80.1 Å². The van der Waals surface area contributed by atoms with Crippen LogP contribution >= 0.6 is 22.7 Å². The number of methoxy groups -OCH3 is 2. The lowest BCUT2D eigenvalue weighted by Crippen LogP contribution is -2.50. The highest BCUT2D eigenvalue weighted by atomic mass is 32.1. The predicted molar refractivity (Wildman–Crippen MR) is 132 cm³/mol. The molecule has 3 heterocycles. The number of carbonyl (C=O) groups excluding carboxylic acids is 2. The lowest BCUT2D eigenvalue weighted by atomic mass is 10.1. The van der Waals surface area contributed by atoms with E-state index in [9.17, 15) is 9.59 Å². The second-order valence-electron chi connectivity index (χ2n) is 7.60. The summed E-state index contributed by atoms with van der Waals surface area (Å²) < 4.78 is 11.6. The van der Waals surface area contributed by atoms with Crippen molar-refractivity contribution in [2.24, 2.45) is 0 Å². The number of ether oxygens (including phenoxy) is 2. The number of aromatic nitrogens is 1. The normalized spacial score (nSPS) is 13.9. The van der Waals surface area contributed by atoms with E-state index in [0.717, 1.165) is 27.8 Å². The third-order valence-corrected chi connectivity index (χ3v) is 8.02. The van der Waals surface area contributed by atoms with Gasteiger partial charge in [0.05, 0.1) is 23.8 Å². The number of hydrogen-bond donors (Lipinski definition) is 0. The molecule has 3 aromatic rings. The average Bonchev–Trinajstić information content (AvgIpc) is 3.43. The molecule has 176 valence electrons. The van der Waals surface area contributed by atoms with Crippen LogP contribution < -0.4 is 14.4 Å². The Morgan fingerprint density at radius 1 is 0.939 bits per heavy atom. The fourth-order valence-electron chi connectivity index (χ4n) is 3.88. The van der Waals surface area contributed by atoms with E-state index in [2.05, 4.69) is 18.7 Å². The molecule has 33 heavy (non-hydrogen) atoms. The molecule has 0 atom stereocenters. The van der Waals surface area contributed by atoms with Gasteiger partial charge in [0.1, 0.15) is 4.83 Å². The minimum Gasteiger partial charge on any atom is -0.493 e. The number of piperazine rings is 1. The molecular formula is C23H28N4O4S2. The molecule has 1 aliphatic rings. The molecule has 2 amide bonds. The molecule has 0 N–H and O–H groups in total. The summed E-state index contributed by atoms with van der Waals surface area (Å²) in [6.07, 6.45) is 0. The highest BCUT2D eigenvalue weighted by Crippen LogP contribution is 2.35. The number of benzene rings is 1. The van der Waals surface area contributed by atoms with Crippen molar-refractivity contribution in [1.82, 2.24) is 14.8 Å². The summed E-state index contributed by atoms with van der Waals surface area (Å²) in [5.41, 5.74) is 0.543. The Balaban J connectivity index is 1.40. The minimum absolute atomic E-state index is 0.00723. The molecule has 10 heteroatoms. The molecule has 1 saturated heterocycles. The van der Waals surface area contributed by atoms with E-state index in [0.29, 0.717) is 48.1 Å². The van der Waals surface area contributed by atoms with Crippen LogP contribution in [0.15, 0.2) is 24.3 Å². The molecule has 0 bridgehead atoms. The van der Waals surface area contributed by atoms with Crippen molar-refractivity contribution in [3.63, 3.8) is 0 Å². The van der Waals surface area contributed by atoms with E-state index < -0.39 is 0 Å². The van der Waals surface area contributed by atoms with Gasteiger partial charge in [-0.05, 0) is 38.1 Å². The number of anilines is 1. The first-order chi connectivity index (χ1) is 16.0. The van der Waals surface area contributed by atoms with Gasteiger partial charge in [0.15, 0.2) is 16.6 Å². The Labute approximate surface area is 201 Å². The Bertz CT molecular complexity index is 1120. The standard InChI is InChI=1S/C23H28N4O4S2/c1-5-25(6-2)23-24-20-18(33-23)14-19(32-20)22(29)27-11-9-26(10-12-27)21(28)15-7-8-16(30-3)17(13-15)31-4/h7-8,13-14H,5-6,9-12H2,1-4H3. The Hall–Kier alpha value is -2.85. The van der Waals surface area contributed by atoms with Gasteiger partial charge in [-0.1, -0.05) is 11.3 Å². The zero-order valence-electron chi connectivity index (χ0n) is 19.3. The molecule has 0 aliphatic carbocycles. The summed E-state index contributed by atoms with van der Waals surface area (Å²) in [4.78, 5) is 38.2. The van der Waals surface area contributed by atoms with Crippen LogP contribution in [-0.2, 0) is 0 Å². The molecule has 4 rings (SSSR count). The molecule has 0 unspecified atom stereocenters. The Morgan fingerprint density at radius 2 is 1.58 bits per heavy atom. The molecule has 8 nitrogen and oxygen atoms in total. The summed E-state index contributed by atoms with van der Waals surface area (Å²) in [5.74, 6) is 1.03. The second kappa shape index (κ2) is 9.96. The van der Waals surface area contributed by atoms with Crippen molar-refractivity contribution >= 4 is 49.1 Å². The highest BCUT2D eigenvalue weighted by Gasteiger charge is 2.27. The van der Waals surface area contributed by atoms with Crippen molar-refractivity contribution in [1.29, 1.82) is 0 Å². The monoisotopic (exact) mass is 488 g/mol. The Kier molecular flexibility index (Phi) is 7.04. The maximum absolute atomic E-state index is 13.1. The predicted octanol–water partition coefficient (Wildman–Crippen LogP) is 3.82. The summed E-state index contributed by atoms with van der Waals surface area (Å²) >= 11 is 3.07. The van der Waals surface area contributed by atoms with Gasteiger partial charge in [-0.3, -0.25) is 9.59 Å². The van der Waals surface area contributed by atoms with Crippen molar-refractivity contribution < 1.29 is 19.1 Å². The zero-order valence-corrected chi connectivity index (χ0v) is 20.9. The van der Waals surface area contributed by atoms with Crippen LogP contribution in [0.4, 0.5) is 5.13 Å². The van der Waals surface area contributed by atoms with Gasteiger partial charge in [0, 0.05) is 44.8 Å². The van der Waals surface area contributed by atoms with Crippen molar-refractivity contribution in [3.05, 3.63) is 34.7 Å². The van der Waals surface area contributed by atoms with Crippen LogP contribution in [0.2, 0.25) is 0 Å². The van der Waals surface area contributed by atoms with Gasteiger partial charge in [-0.2, -0.15) is 0 Å². The average molecular weight is 489 g/mol. The van der Waals surface area contributed by atoms with Crippen LogP contribution in [0, 0.1) is 0 Å². The topological polar surface area (TPSA) is 75.2 Å². The first-order valence-electron chi connectivity index (χ1n) is 10.9. The largest absolute Gasteiger partial charge is 0.493 e. The maximum Gasteiger partial charge on any atom is 0.264 e. The van der Waals surface area contributed by atoms with Crippen LogP contribution in [0.25, 0.3) is 9.53 Å². The zero-order chi connectivity index (χ0) is 23.5. The van der Waals surface area contributed by atoms with Crippen LogP contribution in [0.5, 0.6) is 11.5 Å². The molecule has 1 aromatic carbocycles. The quantitative estimate of drug-likeness (QED) is 0.503. The number of nitrogens with zero attached hydrogens (tertiary/aromatic N) is 4. The molecular weight excluding hydrogens is 460 g/mol. The molecule has 0 radical (unpaired) electrons. The van der Waals surface area contributed by atoms with Gasteiger partial charge in [-0.15, -0.1) is 11.3 Å². The number of thiophene rings is 1. The third kappa shape index (κ3) is 4.63. The van der Waals surface area contributed by atoms with E-state index >= 15 is 0 Å². The Morgan fingerprint density at radius 3 is 2.15 bits per heavy atom. The summed E-state index contributed by atoms with van der Waals surface area (Å²) in [5, 5.41) is 1.00. The maximum atomic E-state index is 13.1. The third-order valence-electron chi connectivity index (χ3n) is 5.81. The number of hydrogen-bond acceptors (Lipinski definition) is 8. The van der Waals surface area contributed by atoms with E-state index in [1.807, 2.05) is 11.0 Å². The molecule has 1 aliphatic heterocycles. The first kappa shape index (κ1) is 23.3. The number of fused-ring (bicyclic) bond motifs is 1. The SMILES string of the molecule is CCN(CC)c1nc2sc(C(=O)N3CCN(C(=O)c4ccc(OC)c(OC)c4)CC3)cc2s1. The van der Waals surface area contributed by atoms with E-state index in [4.69, 9.17) is 14.5 Å². The van der Waals surface area contributed by atoms with Crippen molar-refractivity contribution in [2.45, 2.75) is 13.8 Å². The van der Waals surface area contributed by atoms with Gasteiger partial charge in [-0.25, -0.2) is 4.98 Å². The smallest absolute Gasteiger partial charge is 0.264 e. The lowest BCUT2D eigenvalue weighted by molar-refractivity contribution is 0.0538. The van der Waals surface area contributed by atoms with Gasteiger partial charge in [0.2, 0.25) is 0 Å². The van der Waals surface area contributed by atoms with Gasteiger partial charge < -0.3 is 24.2 Å². The van der Waals surface area contributed by atoms with E-state index in [1.54, 1.807) is 48.7 Å².